The van der Waals surface area contributed by atoms with E-state index in [0.717, 1.165) is 16.9 Å². The molecule has 7 heavy (non-hydrogen) atoms. The molecule has 38 valence electrons. The van der Waals surface area contributed by atoms with E-state index in [1.54, 1.807) is 0 Å². The van der Waals surface area contributed by atoms with Crippen LogP contribution in [-0.2, 0) is 0 Å². The predicted molar refractivity (Wildman–Crippen MR) is 22.0 cm³/mol. The first-order valence-corrected chi connectivity index (χ1v) is 2.40. The molecule has 0 unspecified atom stereocenters. The van der Waals surface area contributed by atoms with E-state index >= 15 is 0 Å². The maximum atomic E-state index is 11.7. The Hall–Kier alpha value is -0.510. The van der Waals surface area contributed by atoms with Gasteiger partial charge in [0.2, 0.25) is 0 Å². The summed E-state index contributed by atoms with van der Waals surface area (Å²) in [6, 6.07) is 0. The number of aromatic nitrogens is 1. The fourth-order valence-corrected chi connectivity index (χ4v) is 0.633. The number of hydrogen-bond acceptors (Lipinski definition) is 2. The zero-order valence-electron chi connectivity index (χ0n) is 3.19. The summed E-state index contributed by atoms with van der Waals surface area (Å²) in [6.07, 6.45) is 0. The van der Waals surface area contributed by atoms with Crippen LogP contribution < -0.4 is 0 Å². The molecule has 1 aromatic heterocycles. The van der Waals surface area contributed by atoms with Gasteiger partial charge in [-0.25, -0.2) is 4.39 Å². The van der Waals surface area contributed by atoms with Crippen LogP contribution in [0.25, 0.3) is 0 Å². The Kier molecular flexibility index (Phi) is 1.02. The molecule has 0 fully saturated rings. The zero-order chi connectivity index (χ0) is 5.28. The first-order valence-electron chi connectivity index (χ1n) is 1.56. The van der Waals surface area contributed by atoms with Crippen LogP contribution in [0.2, 0.25) is 0 Å². The average molecular weight is 121 g/mol. The molecule has 0 saturated carbocycles. The number of halogens is 2. The van der Waals surface area contributed by atoms with Gasteiger partial charge in [0.25, 0.3) is 5.95 Å². The molecular formula is C3HF2NS. The van der Waals surface area contributed by atoms with Gasteiger partial charge in [-0.2, -0.15) is 8.76 Å². The molecule has 0 aromatic carbocycles. The molecule has 0 spiro atoms. The highest BCUT2D eigenvalue weighted by molar-refractivity contribution is 7.03. The Bertz CT molecular complexity index is 145. The van der Waals surface area contributed by atoms with Crippen LogP contribution in [0.15, 0.2) is 5.38 Å². The lowest BCUT2D eigenvalue weighted by atomic mass is 10.7. The van der Waals surface area contributed by atoms with E-state index in [1.165, 1.54) is 0 Å². The van der Waals surface area contributed by atoms with E-state index in [0.29, 0.717) is 0 Å². The Labute approximate surface area is 42.8 Å². The summed E-state index contributed by atoms with van der Waals surface area (Å²) in [7, 11) is 0. The van der Waals surface area contributed by atoms with Crippen LogP contribution in [0.3, 0.4) is 0 Å². The molecule has 0 bridgehead atoms. The normalized spacial score (nSPS) is 9.43. The van der Waals surface area contributed by atoms with Gasteiger partial charge in [0, 0.05) is 0 Å². The molecule has 1 nitrogen and oxygen atoms in total. The molecule has 0 aliphatic carbocycles. The smallest absolute Gasteiger partial charge is 0.201 e. The van der Waals surface area contributed by atoms with Crippen LogP contribution in [0.4, 0.5) is 8.78 Å². The second-order valence-electron chi connectivity index (χ2n) is 0.953. The summed E-state index contributed by atoms with van der Waals surface area (Å²) in [6.45, 7) is 0. The van der Waals surface area contributed by atoms with Gasteiger partial charge >= 0.3 is 0 Å². The van der Waals surface area contributed by atoms with Gasteiger partial charge in [-0.05, 0) is 11.5 Å². The van der Waals surface area contributed by atoms with Crippen LogP contribution in [0.5, 0.6) is 0 Å². The average Bonchev–Trinajstić information content (AvgIpc) is 1.91. The molecule has 0 radical (unpaired) electrons. The molecule has 0 atom stereocenters. The molecule has 0 saturated heterocycles. The van der Waals surface area contributed by atoms with E-state index in [4.69, 9.17) is 0 Å². The van der Waals surface area contributed by atoms with Crippen molar-refractivity contribution in [2.45, 2.75) is 0 Å². The second kappa shape index (κ2) is 1.54. The third-order valence-corrected chi connectivity index (χ3v) is 1.06. The minimum absolute atomic E-state index is 0.766. The Morgan fingerprint density at radius 1 is 1.57 bits per heavy atom. The first-order chi connectivity index (χ1) is 3.30. The highest BCUT2D eigenvalue weighted by Crippen LogP contribution is 2.03. The maximum absolute atomic E-state index is 11.7. The number of rotatable bonds is 0. The van der Waals surface area contributed by atoms with Gasteiger partial charge in [0.1, 0.15) is 0 Å². The van der Waals surface area contributed by atoms with Crippen molar-refractivity contribution >= 4 is 11.5 Å². The topological polar surface area (TPSA) is 12.9 Å². The standard InChI is InChI=1S/C3HF2NS/c4-2-1-7-6-3(2)5/h1H. The Morgan fingerprint density at radius 3 is 2.43 bits per heavy atom. The zero-order valence-corrected chi connectivity index (χ0v) is 4.01. The molecule has 1 rings (SSSR count). The van der Waals surface area contributed by atoms with E-state index in [9.17, 15) is 8.78 Å². The van der Waals surface area contributed by atoms with E-state index < -0.39 is 11.8 Å². The fraction of sp³-hybridized carbons (Fsp3) is 0. The van der Waals surface area contributed by atoms with Crippen molar-refractivity contribution in [1.29, 1.82) is 0 Å². The minimum Gasteiger partial charge on any atom is -0.201 e. The van der Waals surface area contributed by atoms with Gasteiger partial charge < -0.3 is 0 Å². The van der Waals surface area contributed by atoms with Crippen LogP contribution in [0, 0.1) is 11.8 Å². The molecule has 0 amide bonds. The SMILES string of the molecule is Fc1csnc1F. The highest BCUT2D eigenvalue weighted by Gasteiger charge is 1.99. The maximum Gasteiger partial charge on any atom is 0.260 e. The summed E-state index contributed by atoms with van der Waals surface area (Å²) in [5.74, 6) is -1.88. The quantitative estimate of drug-likeness (QED) is 0.505. The molecule has 1 aromatic rings. The van der Waals surface area contributed by atoms with Crippen LogP contribution in [0.1, 0.15) is 0 Å². The third-order valence-electron chi connectivity index (χ3n) is 0.486. The summed E-state index contributed by atoms with van der Waals surface area (Å²) in [5.41, 5.74) is 0. The third kappa shape index (κ3) is 0.742. The number of hydrogen-bond donors (Lipinski definition) is 0. The Morgan fingerprint density at radius 2 is 2.29 bits per heavy atom. The molecule has 1 heterocycles. The lowest BCUT2D eigenvalue weighted by molar-refractivity contribution is 0.494. The predicted octanol–water partition coefficient (Wildman–Crippen LogP) is 1.42. The van der Waals surface area contributed by atoms with Gasteiger partial charge in [-0.1, -0.05) is 0 Å². The monoisotopic (exact) mass is 121 g/mol. The van der Waals surface area contributed by atoms with Crippen molar-refractivity contribution in [1.82, 2.24) is 4.37 Å². The van der Waals surface area contributed by atoms with Crippen molar-refractivity contribution in [3.05, 3.63) is 17.1 Å². The molecular weight excluding hydrogens is 120 g/mol. The summed E-state index contributed by atoms with van der Waals surface area (Å²) in [5, 5.41) is 1.01. The second-order valence-corrected chi connectivity index (χ2v) is 1.58. The van der Waals surface area contributed by atoms with E-state index in [2.05, 4.69) is 4.37 Å². The van der Waals surface area contributed by atoms with Crippen molar-refractivity contribution in [3.8, 4) is 0 Å². The molecule has 0 N–H and O–H groups in total. The number of nitrogens with zero attached hydrogens (tertiary/aromatic N) is 1. The largest absolute Gasteiger partial charge is 0.260 e. The van der Waals surface area contributed by atoms with Gasteiger partial charge in [-0.3, -0.25) is 0 Å². The lowest BCUT2D eigenvalue weighted by Crippen LogP contribution is -1.71. The van der Waals surface area contributed by atoms with Gasteiger partial charge in [-0.15, -0.1) is 0 Å². The van der Waals surface area contributed by atoms with Gasteiger partial charge in [0.15, 0.2) is 5.82 Å². The summed E-state index contributed by atoms with van der Waals surface area (Å²) >= 11 is 0.766. The van der Waals surface area contributed by atoms with Crippen molar-refractivity contribution in [2.24, 2.45) is 0 Å². The van der Waals surface area contributed by atoms with Crippen LogP contribution >= 0.6 is 11.5 Å². The van der Waals surface area contributed by atoms with Gasteiger partial charge in [0.05, 0.1) is 5.38 Å². The molecule has 0 aliphatic rings. The minimum atomic E-state index is -1.01. The van der Waals surface area contributed by atoms with E-state index in [1.807, 2.05) is 0 Å². The van der Waals surface area contributed by atoms with Crippen LogP contribution in [-0.4, -0.2) is 4.37 Å². The fourth-order valence-electron chi connectivity index (χ4n) is 0.211. The van der Waals surface area contributed by atoms with E-state index in [-0.39, 0.29) is 0 Å². The van der Waals surface area contributed by atoms with Crippen molar-refractivity contribution in [2.75, 3.05) is 0 Å². The lowest BCUT2D eigenvalue weighted by Gasteiger charge is -1.68. The van der Waals surface area contributed by atoms with Crippen molar-refractivity contribution < 1.29 is 8.78 Å². The summed E-state index contributed by atoms with van der Waals surface area (Å²) < 4.78 is 26.3. The molecule has 4 heteroatoms. The Balaban J connectivity index is 3.12. The van der Waals surface area contributed by atoms with Crippen molar-refractivity contribution in [3.63, 3.8) is 0 Å². The summed E-state index contributed by atoms with van der Waals surface area (Å²) in [4.78, 5) is 0. The highest BCUT2D eigenvalue weighted by atomic mass is 32.1. The first kappa shape index (κ1) is 4.64. The molecule has 0 aliphatic heterocycles.